The fourth-order valence-corrected chi connectivity index (χ4v) is 0.871. The quantitative estimate of drug-likeness (QED) is 0.457. The van der Waals surface area contributed by atoms with Crippen molar-refractivity contribution < 1.29 is 31.5 Å². The zero-order valence-corrected chi connectivity index (χ0v) is 8.09. The van der Waals surface area contributed by atoms with Crippen LogP contribution in [0.4, 0.5) is 22.0 Å². The number of esters is 1. The summed E-state index contributed by atoms with van der Waals surface area (Å²) in [6.07, 6.45) is -5.53. The second-order valence-electron chi connectivity index (χ2n) is 2.84. The molecule has 0 aliphatic carbocycles. The van der Waals surface area contributed by atoms with Gasteiger partial charge in [0.1, 0.15) is 0 Å². The largest absolute Gasteiger partial charge is 0.449 e. The van der Waals surface area contributed by atoms with Gasteiger partial charge in [0.05, 0.1) is 5.56 Å². The molecule has 7 heteroatoms. The summed E-state index contributed by atoms with van der Waals surface area (Å²) in [7, 11) is 0. The van der Waals surface area contributed by atoms with E-state index < -0.39 is 24.0 Å². The van der Waals surface area contributed by atoms with Crippen LogP contribution in [0.3, 0.4) is 0 Å². The molecule has 0 aliphatic rings. The molecule has 1 rings (SSSR count). The molecule has 0 unspecified atom stereocenters. The highest BCUT2D eigenvalue weighted by molar-refractivity contribution is 5.89. The average Bonchev–Trinajstić information content (AvgIpc) is 2.27. The van der Waals surface area contributed by atoms with Gasteiger partial charge in [0.25, 0.3) is 5.83 Å². The van der Waals surface area contributed by atoms with E-state index in [4.69, 9.17) is 0 Å². The maximum Gasteiger partial charge on any atom is 0.449 e. The van der Waals surface area contributed by atoms with Crippen LogP contribution in [0.1, 0.15) is 10.4 Å². The van der Waals surface area contributed by atoms with Crippen LogP contribution in [-0.2, 0) is 4.74 Å². The number of ether oxygens (including phenoxy) is 1. The van der Waals surface area contributed by atoms with E-state index >= 15 is 0 Å². The van der Waals surface area contributed by atoms with Crippen molar-refractivity contribution >= 4 is 5.97 Å². The third kappa shape index (κ3) is 3.54. The van der Waals surface area contributed by atoms with Crippen molar-refractivity contribution in [1.29, 1.82) is 0 Å². The minimum absolute atomic E-state index is 0.197. The van der Waals surface area contributed by atoms with Crippen molar-refractivity contribution in [3.63, 3.8) is 0 Å². The van der Waals surface area contributed by atoms with Crippen LogP contribution >= 0.6 is 0 Å². The molecule has 0 radical (unpaired) electrons. The first-order valence-electron chi connectivity index (χ1n) is 4.22. The molecule has 0 atom stereocenters. The number of carbonyl (C=O) groups is 1. The highest BCUT2D eigenvalue weighted by atomic mass is 19.4. The van der Waals surface area contributed by atoms with Crippen molar-refractivity contribution in [2.24, 2.45) is 0 Å². The van der Waals surface area contributed by atoms with E-state index in [1.165, 1.54) is 30.3 Å². The minimum atomic E-state index is -5.53. The Morgan fingerprint density at radius 3 is 2.06 bits per heavy atom. The zero-order chi connectivity index (χ0) is 13.1. The summed E-state index contributed by atoms with van der Waals surface area (Å²) in [4.78, 5) is 11.1. The van der Waals surface area contributed by atoms with Gasteiger partial charge in [-0.2, -0.15) is 22.0 Å². The summed E-state index contributed by atoms with van der Waals surface area (Å²) in [5.41, 5.74) is -0.197. The maximum absolute atomic E-state index is 12.6. The molecular formula is C10H5F5O2. The van der Waals surface area contributed by atoms with E-state index in [1.807, 2.05) is 0 Å². The summed E-state index contributed by atoms with van der Waals surface area (Å²) in [5, 5.41) is 0. The Balaban J connectivity index is 2.84. The second-order valence-corrected chi connectivity index (χ2v) is 2.84. The van der Waals surface area contributed by atoms with Gasteiger partial charge in [-0.05, 0) is 12.1 Å². The Labute approximate surface area is 92.3 Å². The van der Waals surface area contributed by atoms with Crippen LogP contribution in [0.15, 0.2) is 42.2 Å². The van der Waals surface area contributed by atoms with Crippen LogP contribution in [0.25, 0.3) is 0 Å². The van der Waals surface area contributed by atoms with Gasteiger partial charge in [0, 0.05) is 0 Å². The summed E-state index contributed by atoms with van der Waals surface area (Å²) in [5.74, 6) is -4.50. The molecule has 0 saturated carbocycles. The monoisotopic (exact) mass is 252 g/mol. The fraction of sp³-hybridized carbons (Fsp3) is 0.100. The molecule has 0 fully saturated rings. The first-order chi connectivity index (χ1) is 7.82. The Kier molecular flexibility index (Phi) is 3.82. The Bertz CT molecular complexity index is 436. The molecule has 0 bridgehead atoms. The Hall–Kier alpha value is -1.92. The van der Waals surface area contributed by atoms with Crippen LogP contribution < -0.4 is 0 Å². The standard InChI is InChI=1S/C10H5F5O2/c11-7(10(13,14)15)8(12)17-9(16)6-4-2-1-3-5-6/h1-5H. The van der Waals surface area contributed by atoms with E-state index in [0.717, 1.165) is 0 Å². The third-order valence-electron chi connectivity index (χ3n) is 1.61. The van der Waals surface area contributed by atoms with E-state index in [2.05, 4.69) is 4.74 Å². The molecular weight excluding hydrogens is 247 g/mol. The van der Waals surface area contributed by atoms with Gasteiger partial charge in [-0.3, -0.25) is 0 Å². The molecule has 0 heterocycles. The number of allylic oxidation sites excluding steroid dienone is 1. The third-order valence-corrected chi connectivity index (χ3v) is 1.61. The van der Waals surface area contributed by atoms with Gasteiger partial charge >= 0.3 is 18.2 Å². The molecule has 0 amide bonds. The van der Waals surface area contributed by atoms with Crippen molar-refractivity contribution in [3.05, 3.63) is 47.7 Å². The predicted molar refractivity (Wildman–Crippen MR) is 47.2 cm³/mol. The first-order valence-corrected chi connectivity index (χ1v) is 4.22. The van der Waals surface area contributed by atoms with Crippen LogP contribution in [0.2, 0.25) is 0 Å². The van der Waals surface area contributed by atoms with Gasteiger partial charge < -0.3 is 4.74 Å². The molecule has 0 N–H and O–H groups in total. The van der Waals surface area contributed by atoms with Crippen molar-refractivity contribution in [1.82, 2.24) is 0 Å². The second kappa shape index (κ2) is 4.94. The fourth-order valence-electron chi connectivity index (χ4n) is 0.871. The van der Waals surface area contributed by atoms with Crippen LogP contribution in [0, 0.1) is 0 Å². The highest BCUT2D eigenvalue weighted by Gasteiger charge is 2.40. The average molecular weight is 252 g/mol. The zero-order valence-electron chi connectivity index (χ0n) is 8.09. The summed E-state index contributed by atoms with van der Waals surface area (Å²) < 4.78 is 63.5. The predicted octanol–water partition coefficient (Wildman–Crippen LogP) is 3.51. The minimum Gasteiger partial charge on any atom is -0.393 e. The molecule has 0 aliphatic heterocycles. The van der Waals surface area contributed by atoms with Gasteiger partial charge in [-0.15, -0.1) is 0 Å². The smallest absolute Gasteiger partial charge is 0.393 e. The number of hydrogen-bond donors (Lipinski definition) is 0. The molecule has 0 aromatic heterocycles. The lowest BCUT2D eigenvalue weighted by Crippen LogP contribution is -2.12. The lowest BCUT2D eigenvalue weighted by molar-refractivity contribution is -0.115. The lowest BCUT2D eigenvalue weighted by Gasteiger charge is -2.05. The number of halogens is 5. The summed E-state index contributed by atoms with van der Waals surface area (Å²) in [6, 6.07) is 4.06. The van der Waals surface area contributed by atoms with Gasteiger partial charge in [-0.1, -0.05) is 18.2 Å². The van der Waals surface area contributed by atoms with E-state index in [-0.39, 0.29) is 5.56 Å². The normalized spacial score (nSPS) is 13.0. The van der Waals surface area contributed by atoms with E-state index in [9.17, 15) is 26.7 Å². The molecule has 0 saturated heterocycles. The maximum atomic E-state index is 12.6. The summed E-state index contributed by atoms with van der Waals surface area (Å²) >= 11 is 0. The van der Waals surface area contributed by atoms with E-state index in [0.29, 0.717) is 0 Å². The molecule has 92 valence electrons. The van der Waals surface area contributed by atoms with Gasteiger partial charge in [0.2, 0.25) is 0 Å². The number of hydrogen-bond acceptors (Lipinski definition) is 2. The van der Waals surface area contributed by atoms with Crippen molar-refractivity contribution in [2.75, 3.05) is 0 Å². The summed E-state index contributed by atoms with van der Waals surface area (Å²) in [6.45, 7) is 0. The van der Waals surface area contributed by atoms with Crippen molar-refractivity contribution in [2.45, 2.75) is 6.18 Å². The molecule has 0 spiro atoms. The van der Waals surface area contributed by atoms with Gasteiger partial charge in [0.15, 0.2) is 0 Å². The number of rotatable bonds is 2. The Morgan fingerprint density at radius 1 is 1.06 bits per heavy atom. The number of benzene rings is 1. The van der Waals surface area contributed by atoms with Crippen LogP contribution in [0.5, 0.6) is 0 Å². The first kappa shape index (κ1) is 13.1. The molecule has 1 aromatic rings. The number of carbonyl (C=O) groups excluding carboxylic acids is 1. The number of alkyl halides is 3. The molecule has 1 aromatic carbocycles. The van der Waals surface area contributed by atoms with Gasteiger partial charge in [-0.25, -0.2) is 4.79 Å². The van der Waals surface area contributed by atoms with Crippen molar-refractivity contribution in [3.8, 4) is 0 Å². The molecule has 17 heavy (non-hydrogen) atoms. The SMILES string of the molecule is O=C(OC(F)=C(F)C(F)(F)F)c1ccccc1. The van der Waals surface area contributed by atoms with Crippen LogP contribution in [-0.4, -0.2) is 12.1 Å². The molecule has 2 nitrogen and oxygen atoms in total. The highest BCUT2D eigenvalue weighted by Crippen LogP contribution is 2.30. The van der Waals surface area contributed by atoms with E-state index in [1.54, 1.807) is 0 Å². The lowest BCUT2D eigenvalue weighted by atomic mass is 10.2. The topological polar surface area (TPSA) is 26.3 Å². The Morgan fingerprint density at radius 2 is 1.59 bits per heavy atom.